The Kier molecular flexibility index (Phi) is 4.44. The van der Waals surface area contributed by atoms with Crippen LogP contribution in [0.5, 0.6) is 0 Å². The minimum absolute atomic E-state index is 0.0123. The second-order valence-electron chi connectivity index (χ2n) is 5.98. The van der Waals surface area contributed by atoms with Gasteiger partial charge in [0.2, 0.25) is 15.8 Å². The zero-order valence-corrected chi connectivity index (χ0v) is 16.0. The number of nitrogens with zero attached hydrogens (tertiary/aromatic N) is 3. The van der Waals surface area contributed by atoms with Gasteiger partial charge in [0, 0.05) is 6.20 Å². The van der Waals surface area contributed by atoms with Crippen LogP contribution in [0.1, 0.15) is 10.4 Å². The smallest absolute Gasteiger partial charge is 0.338 e. The highest BCUT2D eigenvalue weighted by Crippen LogP contribution is 2.30. The van der Waals surface area contributed by atoms with Crippen molar-refractivity contribution in [2.45, 2.75) is 9.79 Å². The number of halogens is 1. The Bertz CT molecular complexity index is 1430. The number of carbonyl (C=O) groups is 1. The lowest BCUT2D eigenvalue weighted by molar-refractivity contribution is 0.0697. The van der Waals surface area contributed by atoms with Crippen LogP contribution in [0, 0.1) is 0 Å². The first-order valence-electron chi connectivity index (χ1n) is 8.09. The molecule has 9 nitrogen and oxygen atoms in total. The van der Waals surface area contributed by atoms with Gasteiger partial charge in [-0.3, -0.25) is 9.78 Å². The number of sulfone groups is 1. The Morgan fingerprint density at radius 1 is 1.17 bits per heavy atom. The summed E-state index contributed by atoms with van der Waals surface area (Å²) in [7, 11) is -3.94. The second kappa shape index (κ2) is 6.83. The van der Waals surface area contributed by atoms with Crippen LogP contribution in [0.3, 0.4) is 0 Å². The Morgan fingerprint density at radius 3 is 2.55 bits per heavy atom. The first-order chi connectivity index (χ1) is 13.8. The third kappa shape index (κ3) is 3.28. The Morgan fingerprint density at radius 2 is 1.90 bits per heavy atom. The van der Waals surface area contributed by atoms with Gasteiger partial charge >= 0.3 is 5.97 Å². The van der Waals surface area contributed by atoms with Gasteiger partial charge < -0.3 is 5.11 Å². The molecule has 0 atom stereocenters. The van der Waals surface area contributed by atoms with E-state index < -0.39 is 21.4 Å². The van der Waals surface area contributed by atoms with Gasteiger partial charge in [-0.2, -0.15) is 5.10 Å². The van der Waals surface area contributed by atoms with Crippen LogP contribution in [0.15, 0.2) is 69.4 Å². The van der Waals surface area contributed by atoms with Crippen LogP contribution in [0.2, 0.25) is 5.02 Å². The molecule has 0 bridgehead atoms. The number of rotatable bonds is 4. The van der Waals surface area contributed by atoms with Crippen molar-refractivity contribution in [1.29, 1.82) is 0 Å². The van der Waals surface area contributed by atoms with E-state index in [1.807, 2.05) is 0 Å². The number of carboxylic acid groups (broad SMARTS) is 1. The minimum Gasteiger partial charge on any atom is -0.478 e. The fourth-order valence-corrected chi connectivity index (χ4v) is 4.54. The number of carboxylic acids is 1. The van der Waals surface area contributed by atoms with Crippen molar-refractivity contribution in [2.24, 2.45) is 0 Å². The molecule has 2 aromatic carbocycles. The fraction of sp³-hybridized carbons (Fsp3) is 0. The third-order valence-electron chi connectivity index (χ3n) is 4.14. The highest BCUT2D eigenvalue weighted by Gasteiger charge is 2.22. The molecule has 4 aromatic rings. The summed E-state index contributed by atoms with van der Waals surface area (Å²) in [4.78, 5) is 30.0. The fourth-order valence-electron chi connectivity index (χ4n) is 2.72. The van der Waals surface area contributed by atoms with Gasteiger partial charge in [0.25, 0.3) is 5.56 Å². The summed E-state index contributed by atoms with van der Waals surface area (Å²) >= 11 is 6.20. The Hall–Kier alpha value is -3.50. The van der Waals surface area contributed by atoms with E-state index in [0.29, 0.717) is 0 Å². The summed E-state index contributed by atoms with van der Waals surface area (Å²) in [6, 6.07) is 10.1. The molecular formula is C18H11ClN4O5S. The lowest BCUT2D eigenvalue weighted by atomic mass is 10.2. The average molecular weight is 431 g/mol. The van der Waals surface area contributed by atoms with Gasteiger partial charge in [0.05, 0.1) is 37.5 Å². The van der Waals surface area contributed by atoms with E-state index in [0.717, 1.165) is 10.9 Å². The molecule has 146 valence electrons. The number of H-pyrrole nitrogens is 1. The van der Waals surface area contributed by atoms with Crippen molar-refractivity contribution in [3.8, 4) is 5.95 Å². The van der Waals surface area contributed by atoms with E-state index in [1.165, 1.54) is 30.5 Å². The molecule has 0 fully saturated rings. The minimum atomic E-state index is -3.94. The molecule has 0 aliphatic heterocycles. The van der Waals surface area contributed by atoms with E-state index >= 15 is 0 Å². The molecule has 2 heterocycles. The van der Waals surface area contributed by atoms with Crippen LogP contribution in [0.4, 0.5) is 0 Å². The van der Waals surface area contributed by atoms with Crippen molar-refractivity contribution < 1.29 is 18.3 Å². The van der Waals surface area contributed by atoms with Crippen LogP contribution < -0.4 is 5.56 Å². The highest BCUT2D eigenvalue weighted by molar-refractivity contribution is 7.91. The highest BCUT2D eigenvalue weighted by atomic mass is 35.5. The SMILES string of the molecule is O=C(O)c1cnn(-c2nc3cc(Cl)c(S(=O)(=O)c4ccccc4)cc3c(=O)[nH]2)c1. The summed E-state index contributed by atoms with van der Waals surface area (Å²) in [6.07, 6.45) is 2.29. The number of benzene rings is 2. The number of nitrogens with one attached hydrogen (secondary N) is 1. The van der Waals surface area contributed by atoms with Gasteiger partial charge in [-0.25, -0.2) is 22.9 Å². The summed E-state index contributed by atoms with van der Waals surface area (Å²) in [6.45, 7) is 0. The molecule has 29 heavy (non-hydrogen) atoms. The molecule has 0 radical (unpaired) electrons. The largest absolute Gasteiger partial charge is 0.478 e. The van der Waals surface area contributed by atoms with Crippen molar-refractivity contribution in [1.82, 2.24) is 19.7 Å². The topological polar surface area (TPSA) is 135 Å². The monoisotopic (exact) mass is 430 g/mol. The van der Waals surface area contributed by atoms with E-state index in [9.17, 15) is 18.0 Å². The molecule has 0 aliphatic rings. The van der Waals surface area contributed by atoms with Crippen molar-refractivity contribution in [3.05, 3.63) is 75.8 Å². The van der Waals surface area contributed by atoms with Gasteiger partial charge in [-0.1, -0.05) is 29.8 Å². The second-order valence-corrected chi connectivity index (χ2v) is 8.31. The molecule has 4 rings (SSSR count). The molecule has 0 saturated carbocycles. The number of aromatic amines is 1. The number of aromatic nitrogens is 4. The van der Waals surface area contributed by atoms with E-state index in [-0.39, 0.29) is 37.2 Å². The molecular weight excluding hydrogens is 420 g/mol. The standard InChI is InChI=1S/C18H11ClN4O5S/c19-13-7-14-12(6-15(13)29(27,28)11-4-2-1-3-5-11)16(24)22-18(21-14)23-9-10(8-20-23)17(25)26/h1-9H,(H,25,26)(H,21,22,24). The lowest BCUT2D eigenvalue weighted by Gasteiger charge is -2.09. The molecule has 0 saturated heterocycles. The maximum atomic E-state index is 12.9. The predicted molar refractivity (Wildman–Crippen MR) is 103 cm³/mol. The molecule has 0 spiro atoms. The normalized spacial score (nSPS) is 11.6. The Labute approximate surface area is 168 Å². The van der Waals surface area contributed by atoms with Crippen molar-refractivity contribution in [3.63, 3.8) is 0 Å². The zero-order valence-electron chi connectivity index (χ0n) is 14.4. The number of hydrogen-bond donors (Lipinski definition) is 2. The first kappa shape index (κ1) is 18.8. The average Bonchev–Trinajstić information content (AvgIpc) is 3.18. The zero-order chi connectivity index (χ0) is 20.8. The van der Waals surface area contributed by atoms with Gasteiger partial charge in [0.15, 0.2) is 0 Å². The Balaban J connectivity index is 1.88. The van der Waals surface area contributed by atoms with Crippen molar-refractivity contribution in [2.75, 3.05) is 0 Å². The van der Waals surface area contributed by atoms with Crippen LogP contribution in [0.25, 0.3) is 16.9 Å². The van der Waals surface area contributed by atoms with E-state index in [1.54, 1.807) is 18.2 Å². The van der Waals surface area contributed by atoms with Gasteiger partial charge in [-0.15, -0.1) is 0 Å². The summed E-state index contributed by atoms with van der Waals surface area (Å²) in [5.41, 5.74) is -0.582. The first-order valence-corrected chi connectivity index (χ1v) is 9.95. The van der Waals surface area contributed by atoms with E-state index in [4.69, 9.17) is 16.7 Å². The van der Waals surface area contributed by atoms with Gasteiger partial charge in [0.1, 0.15) is 0 Å². The molecule has 0 aliphatic carbocycles. The maximum Gasteiger partial charge on any atom is 0.338 e. The lowest BCUT2D eigenvalue weighted by Crippen LogP contribution is -2.15. The molecule has 2 N–H and O–H groups in total. The number of hydrogen-bond acceptors (Lipinski definition) is 6. The number of fused-ring (bicyclic) bond motifs is 1. The summed E-state index contributed by atoms with van der Waals surface area (Å²) in [5, 5.41) is 12.7. The molecule has 11 heteroatoms. The maximum absolute atomic E-state index is 12.9. The summed E-state index contributed by atoms with van der Waals surface area (Å²) in [5.74, 6) is -1.22. The van der Waals surface area contributed by atoms with Crippen molar-refractivity contribution >= 4 is 38.3 Å². The predicted octanol–water partition coefficient (Wildman–Crippen LogP) is 2.29. The van der Waals surface area contributed by atoms with E-state index in [2.05, 4.69) is 15.1 Å². The summed E-state index contributed by atoms with van der Waals surface area (Å²) < 4.78 is 26.8. The van der Waals surface area contributed by atoms with Crippen LogP contribution >= 0.6 is 11.6 Å². The van der Waals surface area contributed by atoms with Crippen LogP contribution in [-0.4, -0.2) is 39.2 Å². The van der Waals surface area contributed by atoms with Gasteiger partial charge in [-0.05, 0) is 24.3 Å². The third-order valence-corrected chi connectivity index (χ3v) is 6.37. The molecule has 0 amide bonds. The molecule has 0 unspecified atom stereocenters. The number of aromatic carboxylic acids is 1. The van der Waals surface area contributed by atoms with Crippen LogP contribution in [-0.2, 0) is 9.84 Å². The quantitative estimate of drug-likeness (QED) is 0.507. The molecule has 2 aromatic heterocycles.